The van der Waals surface area contributed by atoms with E-state index < -0.39 is 0 Å². The molecule has 0 heterocycles. The minimum Gasteiger partial charge on any atom is -0.496 e. The Morgan fingerprint density at radius 2 is 1.86 bits per heavy atom. The molecule has 1 N–H and O–H groups in total. The van der Waals surface area contributed by atoms with Crippen molar-refractivity contribution in [1.82, 2.24) is 0 Å². The first kappa shape index (κ1) is 16.3. The quantitative estimate of drug-likeness (QED) is 0.812. The Labute approximate surface area is 138 Å². The summed E-state index contributed by atoms with van der Waals surface area (Å²) in [5.41, 5.74) is 2.32. The van der Waals surface area contributed by atoms with Crippen molar-refractivity contribution in [2.45, 2.75) is 12.8 Å². The van der Waals surface area contributed by atoms with Crippen LogP contribution in [0.1, 0.15) is 11.1 Å². The zero-order valence-corrected chi connectivity index (χ0v) is 14.2. The topological polar surface area (TPSA) is 29.5 Å². The second kappa shape index (κ2) is 7.83. The highest BCUT2D eigenvalue weighted by molar-refractivity contribution is 9.10. The molecule has 0 aliphatic rings. The molecule has 1 unspecified atom stereocenters. The minimum absolute atomic E-state index is 0.149. The van der Waals surface area contributed by atoms with Crippen molar-refractivity contribution in [3.63, 3.8) is 0 Å². The largest absolute Gasteiger partial charge is 0.496 e. The summed E-state index contributed by atoms with van der Waals surface area (Å²) in [5.74, 6) is 0.984. The summed E-state index contributed by atoms with van der Waals surface area (Å²) in [6.45, 7) is 0.149. The lowest BCUT2D eigenvalue weighted by molar-refractivity contribution is 0.225. The van der Waals surface area contributed by atoms with E-state index in [1.54, 1.807) is 7.11 Å². The molecule has 2 nitrogen and oxygen atoms in total. The summed E-state index contributed by atoms with van der Waals surface area (Å²) >= 11 is 9.49. The van der Waals surface area contributed by atoms with E-state index in [0.717, 1.165) is 33.6 Å². The third-order valence-electron chi connectivity index (χ3n) is 3.41. The van der Waals surface area contributed by atoms with Crippen molar-refractivity contribution in [2.75, 3.05) is 13.7 Å². The van der Waals surface area contributed by atoms with Gasteiger partial charge in [0.2, 0.25) is 0 Å². The molecular weight excluding hydrogens is 352 g/mol. The van der Waals surface area contributed by atoms with Crippen molar-refractivity contribution in [3.8, 4) is 5.75 Å². The molecule has 0 spiro atoms. The minimum atomic E-state index is 0.149. The molecular formula is C17H18BrClO2. The van der Waals surface area contributed by atoms with Gasteiger partial charge in [-0.05, 0) is 70.1 Å². The van der Waals surface area contributed by atoms with Crippen LogP contribution in [-0.2, 0) is 12.8 Å². The fraction of sp³-hybridized carbons (Fsp3) is 0.294. The van der Waals surface area contributed by atoms with E-state index >= 15 is 0 Å². The van der Waals surface area contributed by atoms with Crippen molar-refractivity contribution < 1.29 is 9.84 Å². The van der Waals surface area contributed by atoms with Gasteiger partial charge in [-0.2, -0.15) is 0 Å². The van der Waals surface area contributed by atoms with Gasteiger partial charge in [-0.1, -0.05) is 29.8 Å². The highest BCUT2D eigenvalue weighted by Crippen LogP contribution is 2.27. The number of halogens is 2. The molecule has 1 atom stereocenters. The van der Waals surface area contributed by atoms with Crippen molar-refractivity contribution >= 4 is 27.5 Å². The van der Waals surface area contributed by atoms with E-state index in [2.05, 4.69) is 15.9 Å². The summed E-state index contributed by atoms with van der Waals surface area (Å²) < 4.78 is 6.16. The Balaban J connectivity index is 2.07. The lowest BCUT2D eigenvalue weighted by Gasteiger charge is -2.15. The van der Waals surface area contributed by atoms with E-state index in [1.807, 2.05) is 42.5 Å². The molecule has 0 aromatic heterocycles. The predicted molar refractivity (Wildman–Crippen MR) is 90.1 cm³/mol. The van der Waals surface area contributed by atoms with Gasteiger partial charge >= 0.3 is 0 Å². The standard InChI is InChI=1S/C17H18BrClO2/c1-21-17-6-5-13(10-16(17)18)8-14(11-20)7-12-3-2-4-15(19)9-12/h2-6,9-10,14,20H,7-8,11H2,1H3. The smallest absolute Gasteiger partial charge is 0.133 e. The van der Waals surface area contributed by atoms with Crippen LogP contribution in [0.5, 0.6) is 5.75 Å². The zero-order chi connectivity index (χ0) is 15.2. The molecule has 0 saturated heterocycles. The molecule has 0 radical (unpaired) electrons. The van der Waals surface area contributed by atoms with Gasteiger partial charge in [0.15, 0.2) is 0 Å². The molecule has 0 amide bonds. The second-order valence-corrected chi connectivity index (χ2v) is 6.35. The van der Waals surface area contributed by atoms with Gasteiger partial charge in [-0.15, -0.1) is 0 Å². The maximum Gasteiger partial charge on any atom is 0.133 e. The SMILES string of the molecule is COc1ccc(CC(CO)Cc2cccc(Cl)c2)cc1Br. The van der Waals surface area contributed by atoms with Crippen LogP contribution in [0, 0.1) is 5.92 Å². The third kappa shape index (κ3) is 4.73. The van der Waals surface area contributed by atoms with E-state index in [1.165, 1.54) is 5.56 Å². The van der Waals surface area contributed by atoms with Gasteiger partial charge in [0.05, 0.1) is 11.6 Å². The zero-order valence-electron chi connectivity index (χ0n) is 11.9. The van der Waals surface area contributed by atoms with Crippen LogP contribution < -0.4 is 4.74 Å². The Morgan fingerprint density at radius 3 is 2.43 bits per heavy atom. The Morgan fingerprint density at radius 1 is 1.14 bits per heavy atom. The third-order valence-corrected chi connectivity index (χ3v) is 4.27. The molecule has 112 valence electrons. The Kier molecular flexibility index (Phi) is 6.09. The highest BCUT2D eigenvalue weighted by Gasteiger charge is 2.11. The Bertz CT molecular complexity index is 601. The van der Waals surface area contributed by atoms with E-state index in [4.69, 9.17) is 16.3 Å². The molecule has 0 fully saturated rings. The van der Waals surface area contributed by atoms with Crippen LogP contribution in [0.25, 0.3) is 0 Å². The summed E-state index contributed by atoms with van der Waals surface area (Å²) in [4.78, 5) is 0. The lowest BCUT2D eigenvalue weighted by Crippen LogP contribution is -2.13. The van der Waals surface area contributed by atoms with Crippen molar-refractivity contribution in [2.24, 2.45) is 5.92 Å². The molecule has 2 aromatic rings. The average molecular weight is 370 g/mol. The van der Waals surface area contributed by atoms with E-state index in [-0.39, 0.29) is 12.5 Å². The summed E-state index contributed by atoms with van der Waals surface area (Å²) in [5, 5.41) is 10.4. The monoisotopic (exact) mass is 368 g/mol. The second-order valence-electron chi connectivity index (χ2n) is 5.06. The number of methoxy groups -OCH3 is 1. The number of ether oxygens (including phenoxy) is 1. The van der Waals surface area contributed by atoms with Crippen LogP contribution in [0.15, 0.2) is 46.9 Å². The molecule has 4 heteroatoms. The molecule has 0 bridgehead atoms. The first-order valence-corrected chi connectivity index (χ1v) is 7.97. The molecule has 0 saturated carbocycles. The maximum atomic E-state index is 9.62. The maximum absolute atomic E-state index is 9.62. The van der Waals surface area contributed by atoms with Crippen LogP contribution in [0.4, 0.5) is 0 Å². The van der Waals surface area contributed by atoms with Gasteiger partial charge in [0, 0.05) is 11.6 Å². The average Bonchev–Trinajstić information content (AvgIpc) is 2.47. The van der Waals surface area contributed by atoms with Crippen LogP contribution in [0.3, 0.4) is 0 Å². The lowest BCUT2D eigenvalue weighted by atomic mass is 9.93. The number of aliphatic hydroxyl groups is 1. The molecule has 2 aromatic carbocycles. The first-order valence-electron chi connectivity index (χ1n) is 6.80. The number of rotatable bonds is 6. The normalized spacial score (nSPS) is 12.2. The Hall–Kier alpha value is -1.03. The van der Waals surface area contributed by atoms with Gasteiger partial charge in [-0.3, -0.25) is 0 Å². The van der Waals surface area contributed by atoms with E-state index in [0.29, 0.717) is 0 Å². The van der Waals surface area contributed by atoms with Crippen molar-refractivity contribution in [3.05, 3.63) is 63.1 Å². The number of aliphatic hydroxyl groups excluding tert-OH is 1. The van der Waals surface area contributed by atoms with Gasteiger partial charge < -0.3 is 9.84 Å². The van der Waals surface area contributed by atoms with Gasteiger partial charge in [0.1, 0.15) is 5.75 Å². The van der Waals surface area contributed by atoms with Crippen LogP contribution in [-0.4, -0.2) is 18.8 Å². The summed E-state index contributed by atoms with van der Waals surface area (Å²) in [6.07, 6.45) is 1.62. The summed E-state index contributed by atoms with van der Waals surface area (Å²) in [6, 6.07) is 13.8. The van der Waals surface area contributed by atoms with Crippen molar-refractivity contribution in [1.29, 1.82) is 0 Å². The van der Waals surface area contributed by atoms with Gasteiger partial charge in [0.25, 0.3) is 0 Å². The molecule has 0 aliphatic heterocycles. The first-order chi connectivity index (χ1) is 10.1. The highest BCUT2D eigenvalue weighted by atomic mass is 79.9. The fourth-order valence-corrected chi connectivity index (χ4v) is 3.17. The van der Waals surface area contributed by atoms with Crippen LogP contribution >= 0.6 is 27.5 Å². The number of hydrogen-bond donors (Lipinski definition) is 1. The van der Waals surface area contributed by atoms with E-state index in [9.17, 15) is 5.11 Å². The molecule has 2 rings (SSSR count). The fourth-order valence-electron chi connectivity index (χ4n) is 2.37. The molecule has 21 heavy (non-hydrogen) atoms. The van der Waals surface area contributed by atoms with Crippen LogP contribution in [0.2, 0.25) is 5.02 Å². The molecule has 0 aliphatic carbocycles. The predicted octanol–water partition coefficient (Wildman–Crippen LogP) is 4.50. The number of hydrogen-bond acceptors (Lipinski definition) is 2. The van der Waals surface area contributed by atoms with Gasteiger partial charge in [-0.25, -0.2) is 0 Å². The summed E-state index contributed by atoms with van der Waals surface area (Å²) in [7, 11) is 1.65. The number of benzene rings is 2.